The van der Waals surface area contributed by atoms with Crippen LogP contribution in [0.3, 0.4) is 0 Å². The van der Waals surface area contributed by atoms with Crippen LogP contribution in [0, 0.1) is 0 Å². The summed E-state index contributed by atoms with van der Waals surface area (Å²) in [6, 6.07) is -0.293. The molecule has 2 aliphatic heterocycles. The number of rotatable bonds is 3. The van der Waals surface area contributed by atoms with Crippen molar-refractivity contribution in [1.29, 1.82) is 0 Å². The van der Waals surface area contributed by atoms with Crippen molar-refractivity contribution in [3.8, 4) is 0 Å². The molecule has 8 heteroatoms. The molecule has 0 aromatic carbocycles. The fourth-order valence-corrected chi connectivity index (χ4v) is 5.08. The van der Waals surface area contributed by atoms with Gasteiger partial charge in [-0.05, 0) is 25.7 Å². The van der Waals surface area contributed by atoms with Gasteiger partial charge in [0.2, 0.25) is 6.39 Å². The zero-order chi connectivity index (χ0) is 14.7. The van der Waals surface area contributed by atoms with E-state index in [1.165, 1.54) is 6.39 Å². The van der Waals surface area contributed by atoms with Gasteiger partial charge in [-0.2, -0.15) is 22.0 Å². The quantitative estimate of drug-likeness (QED) is 0.848. The van der Waals surface area contributed by atoms with Gasteiger partial charge in [0, 0.05) is 19.6 Å². The average molecular weight is 314 g/mol. The minimum atomic E-state index is -3.44. The van der Waals surface area contributed by atoms with Crippen molar-refractivity contribution in [2.24, 2.45) is 0 Å². The first-order valence-corrected chi connectivity index (χ1v) is 9.12. The summed E-state index contributed by atoms with van der Waals surface area (Å²) in [4.78, 5) is 4.09. The van der Waals surface area contributed by atoms with E-state index >= 15 is 0 Å². The molecule has 0 unspecified atom stereocenters. The van der Waals surface area contributed by atoms with Gasteiger partial charge in [-0.25, -0.2) is 0 Å². The summed E-state index contributed by atoms with van der Waals surface area (Å²) in [5, 5.41) is 3.88. The first kappa shape index (κ1) is 14.9. The van der Waals surface area contributed by atoms with Crippen molar-refractivity contribution in [2.45, 2.75) is 51.0 Å². The van der Waals surface area contributed by atoms with Gasteiger partial charge in [0.1, 0.15) is 0 Å². The lowest BCUT2D eigenvalue weighted by Gasteiger charge is -2.34. The van der Waals surface area contributed by atoms with Crippen molar-refractivity contribution in [1.82, 2.24) is 18.8 Å². The molecule has 0 radical (unpaired) electrons. The second-order valence-electron chi connectivity index (χ2n) is 5.73. The topological polar surface area (TPSA) is 79.5 Å². The number of nitrogens with zero attached hydrogens (tertiary/aromatic N) is 4. The van der Waals surface area contributed by atoms with Crippen molar-refractivity contribution < 1.29 is 12.9 Å². The molecule has 2 saturated heterocycles. The smallest absolute Gasteiger partial charge is 0.282 e. The Bertz CT molecular complexity index is 540. The third-order valence-electron chi connectivity index (χ3n) is 4.32. The standard InChI is InChI=1S/C13H22N4O3S/c18-21(19,16-8-4-2-5-9-16)17-10-6-1-3-7-12(17)13-14-11-20-15-13/h11-12H,1-10H2/t12-/m1/s1. The van der Waals surface area contributed by atoms with Crippen LogP contribution in [-0.2, 0) is 10.2 Å². The van der Waals surface area contributed by atoms with E-state index < -0.39 is 10.2 Å². The number of hydrogen-bond acceptors (Lipinski definition) is 5. The van der Waals surface area contributed by atoms with E-state index in [9.17, 15) is 8.42 Å². The van der Waals surface area contributed by atoms with Crippen LogP contribution in [0.4, 0.5) is 0 Å². The largest absolute Gasteiger partial charge is 0.343 e. The van der Waals surface area contributed by atoms with Crippen LogP contribution in [0.2, 0.25) is 0 Å². The SMILES string of the molecule is O=S(=O)(N1CCCCC1)N1CCCCC[C@@H]1c1ncon1. The lowest BCUT2D eigenvalue weighted by atomic mass is 10.1. The molecule has 118 valence electrons. The van der Waals surface area contributed by atoms with E-state index in [-0.39, 0.29) is 6.04 Å². The van der Waals surface area contributed by atoms with Crippen molar-refractivity contribution in [2.75, 3.05) is 19.6 Å². The highest BCUT2D eigenvalue weighted by Gasteiger charge is 2.38. The maximum Gasteiger partial charge on any atom is 0.282 e. The van der Waals surface area contributed by atoms with E-state index in [0.29, 0.717) is 25.5 Å². The van der Waals surface area contributed by atoms with E-state index in [1.54, 1.807) is 8.61 Å². The maximum absolute atomic E-state index is 13.0. The molecule has 1 atom stereocenters. The van der Waals surface area contributed by atoms with E-state index in [2.05, 4.69) is 10.1 Å². The fourth-order valence-electron chi connectivity index (χ4n) is 3.19. The van der Waals surface area contributed by atoms with Gasteiger partial charge in [-0.1, -0.05) is 24.4 Å². The molecular weight excluding hydrogens is 292 g/mol. The second-order valence-corrected chi connectivity index (χ2v) is 7.61. The molecule has 2 aliphatic rings. The molecule has 1 aromatic rings. The molecule has 0 saturated carbocycles. The Morgan fingerprint density at radius 1 is 1.05 bits per heavy atom. The first-order valence-electron chi connectivity index (χ1n) is 7.73. The van der Waals surface area contributed by atoms with Crippen LogP contribution in [0.15, 0.2) is 10.9 Å². The highest BCUT2D eigenvalue weighted by Crippen LogP contribution is 2.32. The summed E-state index contributed by atoms with van der Waals surface area (Å²) in [7, 11) is -3.44. The van der Waals surface area contributed by atoms with Crippen LogP contribution >= 0.6 is 0 Å². The van der Waals surface area contributed by atoms with Gasteiger partial charge in [0.05, 0.1) is 6.04 Å². The normalized spacial score (nSPS) is 26.6. The van der Waals surface area contributed by atoms with Crippen LogP contribution in [0.25, 0.3) is 0 Å². The summed E-state index contributed by atoms with van der Waals surface area (Å²) in [5.74, 6) is 0.484. The highest BCUT2D eigenvalue weighted by molar-refractivity contribution is 7.86. The number of hydrogen-bond donors (Lipinski definition) is 0. The van der Waals surface area contributed by atoms with Crippen molar-refractivity contribution >= 4 is 10.2 Å². The Hall–Kier alpha value is -0.990. The maximum atomic E-state index is 13.0. The fraction of sp³-hybridized carbons (Fsp3) is 0.846. The highest BCUT2D eigenvalue weighted by atomic mass is 32.2. The van der Waals surface area contributed by atoms with Crippen LogP contribution in [-0.4, -0.2) is 46.8 Å². The Morgan fingerprint density at radius 2 is 1.76 bits per heavy atom. The molecule has 3 heterocycles. The molecule has 0 aliphatic carbocycles. The summed E-state index contributed by atoms with van der Waals surface area (Å²) in [5.41, 5.74) is 0. The van der Waals surface area contributed by atoms with Gasteiger partial charge in [0.15, 0.2) is 5.82 Å². The Labute approximate surface area is 125 Å². The van der Waals surface area contributed by atoms with Gasteiger partial charge in [-0.3, -0.25) is 0 Å². The molecular formula is C13H22N4O3S. The minimum absolute atomic E-state index is 0.293. The van der Waals surface area contributed by atoms with Crippen LogP contribution in [0.5, 0.6) is 0 Å². The molecule has 7 nitrogen and oxygen atoms in total. The molecule has 0 N–H and O–H groups in total. The Balaban J connectivity index is 1.88. The Morgan fingerprint density at radius 3 is 2.48 bits per heavy atom. The third-order valence-corrected chi connectivity index (χ3v) is 6.37. The number of piperidine rings is 1. The minimum Gasteiger partial charge on any atom is -0.343 e. The lowest BCUT2D eigenvalue weighted by Crippen LogP contribution is -2.47. The van der Waals surface area contributed by atoms with E-state index in [0.717, 1.165) is 44.9 Å². The zero-order valence-corrected chi connectivity index (χ0v) is 13.0. The molecule has 3 rings (SSSR count). The summed E-state index contributed by atoms with van der Waals surface area (Å²) < 4.78 is 34.0. The molecule has 1 aromatic heterocycles. The predicted molar refractivity (Wildman–Crippen MR) is 76.6 cm³/mol. The van der Waals surface area contributed by atoms with Crippen LogP contribution in [0.1, 0.15) is 56.8 Å². The molecule has 21 heavy (non-hydrogen) atoms. The van der Waals surface area contributed by atoms with E-state index in [4.69, 9.17) is 4.52 Å². The average Bonchev–Trinajstić information content (AvgIpc) is 2.92. The second kappa shape index (κ2) is 6.41. The molecule has 0 amide bonds. The van der Waals surface area contributed by atoms with Gasteiger partial charge in [0.25, 0.3) is 10.2 Å². The number of aromatic nitrogens is 2. The Kier molecular flexibility index (Phi) is 4.56. The molecule has 2 fully saturated rings. The monoisotopic (exact) mass is 314 g/mol. The van der Waals surface area contributed by atoms with Gasteiger partial charge in [-0.15, -0.1) is 0 Å². The molecule has 0 spiro atoms. The predicted octanol–water partition coefficient (Wildman–Crippen LogP) is 1.72. The van der Waals surface area contributed by atoms with Crippen LogP contribution < -0.4 is 0 Å². The lowest BCUT2D eigenvalue weighted by molar-refractivity contribution is 0.259. The summed E-state index contributed by atoms with van der Waals surface area (Å²) >= 11 is 0. The van der Waals surface area contributed by atoms with Crippen molar-refractivity contribution in [3.63, 3.8) is 0 Å². The molecule has 0 bridgehead atoms. The zero-order valence-electron chi connectivity index (χ0n) is 12.1. The van der Waals surface area contributed by atoms with Gasteiger partial charge < -0.3 is 4.52 Å². The first-order chi connectivity index (χ1) is 10.2. The van der Waals surface area contributed by atoms with Gasteiger partial charge >= 0.3 is 0 Å². The van der Waals surface area contributed by atoms with Crippen molar-refractivity contribution in [3.05, 3.63) is 12.2 Å². The van der Waals surface area contributed by atoms with E-state index in [1.807, 2.05) is 0 Å². The summed E-state index contributed by atoms with van der Waals surface area (Å²) in [6.45, 7) is 1.79. The summed E-state index contributed by atoms with van der Waals surface area (Å²) in [6.07, 6.45) is 7.95. The third kappa shape index (κ3) is 3.12.